The Labute approximate surface area is 110 Å². The Kier molecular flexibility index (Phi) is 3.52. The van der Waals surface area contributed by atoms with E-state index in [0.717, 1.165) is 27.9 Å². The van der Waals surface area contributed by atoms with Crippen LogP contribution in [0.2, 0.25) is 0 Å². The van der Waals surface area contributed by atoms with Gasteiger partial charge in [0.05, 0.1) is 0 Å². The van der Waals surface area contributed by atoms with Crippen LogP contribution in [0.4, 0.5) is 0 Å². The molecule has 0 fully saturated rings. The predicted octanol–water partition coefficient (Wildman–Crippen LogP) is 4.07. The highest BCUT2D eigenvalue weighted by Crippen LogP contribution is 2.28. The van der Waals surface area contributed by atoms with Crippen LogP contribution in [-0.4, -0.2) is 9.55 Å². The summed E-state index contributed by atoms with van der Waals surface area (Å²) in [5.41, 5.74) is 2.32. The number of benzene rings is 1. The number of nitrogens with zero attached hydrogens (tertiary/aromatic N) is 2. The van der Waals surface area contributed by atoms with E-state index in [0.29, 0.717) is 6.01 Å². The van der Waals surface area contributed by atoms with Gasteiger partial charge in [-0.05, 0) is 44.0 Å². The molecule has 2 rings (SSSR count). The number of rotatable bonds is 3. The first-order valence-corrected chi connectivity index (χ1v) is 6.37. The molecule has 0 saturated heterocycles. The van der Waals surface area contributed by atoms with E-state index in [4.69, 9.17) is 4.74 Å². The third-order valence-corrected chi connectivity index (χ3v) is 3.89. The maximum Gasteiger partial charge on any atom is 0.301 e. The van der Waals surface area contributed by atoms with E-state index in [1.165, 1.54) is 0 Å². The van der Waals surface area contributed by atoms with E-state index >= 15 is 0 Å². The van der Waals surface area contributed by atoms with Gasteiger partial charge in [0.25, 0.3) is 0 Å². The monoisotopic (exact) mass is 294 g/mol. The number of hydrogen-bond acceptors (Lipinski definition) is 2. The summed E-state index contributed by atoms with van der Waals surface area (Å²) in [5.74, 6) is 0.823. The SMILES string of the molecule is CCn1ccnc1Oc1cc(C)c(Br)c(C)c1. The Morgan fingerprint density at radius 2 is 1.94 bits per heavy atom. The summed E-state index contributed by atoms with van der Waals surface area (Å²) in [7, 11) is 0. The number of aromatic nitrogens is 2. The number of aryl methyl sites for hydroxylation is 3. The van der Waals surface area contributed by atoms with E-state index in [-0.39, 0.29) is 0 Å². The molecule has 0 amide bonds. The summed E-state index contributed by atoms with van der Waals surface area (Å²) in [5, 5.41) is 0. The largest absolute Gasteiger partial charge is 0.425 e. The number of imidazole rings is 1. The zero-order valence-electron chi connectivity index (χ0n) is 10.2. The highest BCUT2D eigenvalue weighted by molar-refractivity contribution is 9.10. The highest BCUT2D eigenvalue weighted by atomic mass is 79.9. The maximum atomic E-state index is 5.79. The smallest absolute Gasteiger partial charge is 0.301 e. The third-order valence-electron chi connectivity index (χ3n) is 2.64. The zero-order valence-corrected chi connectivity index (χ0v) is 11.8. The first kappa shape index (κ1) is 12.2. The molecular formula is C13H15BrN2O. The first-order chi connectivity index (χ1) is 8.11. The quantitative estimate of drug-likeness (QED) is 0.853. The molecule has 1 aromatic carbocycles. The van der Waals surface area contributed by atoms with Crippen molar-refractivity contribution in [1.82, 2.24) is 9.55 Å². The Hall–Kier alpha value is -1.29. The van der Waals surface area contributed by atoms with Gasteiger partial charge in [0.15, 0.2) is 0 Å². The van der Waals surface area contributed by atoms with Gasteiger partial charge in [-0.1, -0.05) is 15.9 Å². The molecule has 0 saturated carbocycles. The van der Waals surface area contributed by atoms with Gasteiger partial charge in [-0.25, -0.2) is 4.98 Å². The van der Waals surface area contributed by atoms with Gasteiger partial charge in [-0.15, -0.1) is 0 Å². The first-order valence-electron chi connectivity index (χ1n) is 5.57. The summed E-state index contributed by atoms with van der Waals surface area (Å²) >= 11 is 3.54. The van der Waals surface area contributed by atoms with Crippen LogP contribution in [0, 0.1) is 13.8 Å². The molecule has 2 aromatic rings. The molecule has 17 heavy (non-hydrogen) atoms. The molecule has 90 valence electrons. The number of hydrogen-bond donors (Lipinski definition) is 0. The molecule has 0 N–H and O–H groups in total. The lowest BCUT2D eigenvalue weighted by Crippen LogP contribution is -1.97. The maximum absolute atomic E-state index is 5.79. The molecule has 0 aliphatic heterocycles. The fraction of sp³-hybridized carbons (Fsp3) is 0.308. The average molecular weight is 295 g/mol. The van der Waals surface area contributed by atoms with Crippen LogP contribution in [0.3, 0.4) is 0 Å². The molecular weight excluding hydrogens is 280 g/mol. The van der Waals surface area contributed by atoms with Crippen LogP contribution < -0.4 is 4.74 Å². The minimum atomic E-state index is 0.633. The van der Waals surface area contributed by atoms with Gasteiger partial charge in [0.2, 0.25) is 0 Å². The van der Waals surface area contributed by atoms with E-state index in [9.17, 15) is 0 Å². The van der Waals surface area contributed by atoms with Gasteiger partial charge in [0.1, 0.15) is 5.75 Å². The zero-order chi connectivity index (χ0) is 12.4. The van der Waals surface area contributed by atoms with Gasteiger partial charge in [0, 0.05) is 23.4 Å². The van der Waals surface area contributed by atoms with Crippen molar-refractivity contribution in [2.75, 3.05) is 0 Å². The molecule has 0 spiro atoms. The third kappa shape index (κ3) is 2.52. The lowest BCUT2D eigenvalue weighted by Gasteiger charge is -2.10. The van der Waals surface area contributed by atoms with Crippen LogP contribution in [-0.2, 0) is 6.54 Å². The standard InChI is InChI=1S/C13H15BrN2O/c1-4-16-6-5-15-13(16)17-11-7-9(2)12(14)10(3)8-11/h5-8H,4H2,1-3H3. The second kappa shape index (κ2) is 4.92. The van der Waals surface area contributed by atoms with Gasteiger partial charge in [-0.2, -0.15) is 0 Å². The van der Waals surface area contributed by atoms with Crippen LogP contribution in [0.25, 0.3) is 0 Å². The lowest BCUT2D eigenvalue weighted by atomic mass is 10.1. The highest BCUT2D eigenvalue weighted by Gasteiger charge is 2.07. The number of halogens is 1. The van der Waals surface area contributed by atoms with Crippen LogP contribution in [0.1, 0.15) is 18.1 Å². The number of ether oxygens (including phenoxy) is 1. The van der Waals surface area contributed by atoms with Crippen molar-refractivity contribution < 1.29 is 4.74 Å². The lowest BCUT2D eigenvalue weighted by molar-refractivity contribution is 0.414. The van der Waals surface area contributed by atoms with E-state index in [2.05, 4.69) is 41.7 Å². The van der Waals surface area contributed by atoms with E-state index in [1.807, 2.05) is 22.9 Å². The molecule has 0 unspecified atom stereocenters. The second-order valence-electron chi connectivity index (χ2n) is 3.97. The van der Waals surface area contributed by atoms with Crippen molar-refractivity contribution in [3.63, 3.8) is 0 Å². The molecule has 4 heteroatoms. The molecule has 1 heterocycles. The van der Waals surface area contributed by atoms with Gasteiger partial charge in [-0.3, -0.25) is 0 Å². The van der Waals surface area contributed by atoms with Gasteiger partial charge < -0.3 is 9.30 Å². The topological polar surface area (TPSA) is 27.1 Å². The second-order valence-corrected chi connectivity index (χ2v) is 4.76. The minimum absolute atomic E-state index is 0.633. The molecule has 0 aliphatic rings. The molecule has 0 atom stereocenters. The summed E-state index contributed by atoms with van der Waals surface area (Å²) in [6, 6.07) is 4.64. The molecule has 0 radical (unpaired) electrons. The van der Waals surface area contributed by atoms with Crippen molar-refractivity contribution in [2.45, 2.75) is 27.3 Å². The Balaban J connectivity index is 2.31. The van der Waals surface area contributed by atoms with Crippen molar-refractivity contribution in [3.05, 3.63) is 40.1 Å². The van der Waals surface area contributed by atoms with Crippen LogP contribution in [0.15, 0.2) is 29.0 Å². The summed E-state index contributed by atoms with van der Waals surface area (Å²) < 4.78 is 8.88. The van der Waals surface area contributed by atoms with Crippen molar-refractivity contribution in [1.29, 1.82) is 0 Å². The Bertz CT molecular complexity index is 511. The van der Waals surface area contributed by atoms with E-state index in [1.54, 1.807) is 6.20 Å². The van der Waals surface area contributed by atoms with Crippen molar-refractivity contribution >= 4 is 15.9 Å². The summed E-state index contributed by atoms with van der Waals surface area (Å²) in [4.78, 5) is 4.19. The summed E-state index contributed by atoms with van der Waals surface area (Å²) in [6.07, 6.45) is 3.66. The van der Waals surface area contributed by atoms with Crippen LogP contribution >= 0.6 is 15.9 Å². The predicted molar refractivity (Wildman–Crippen MR) is 71.6 cm³/mol. The Morgan fingerprint density at radius 1 is 1.29 bits per heavy atom. The van der Waals surface area contributed by atoms with Crippen molar-refractivity contribution in [2.24, 2.45) is 0 Å². The van der Waals surface area contributed by atoms with Gasteiger partial charge >= 0.3 is 6.01 Å². The summed E-state index contributed by atoms with van der Waals surface area (Å²) in [6.45, 7) is 7.02. The van der Waals surface area contributed by atoms with E-state index < -0.39 is 0 Å². The molecule has 0 bridgehead atoms. The molecule has 1 aromatic heterocycles. The Morgan fingerprint density at radius 3 is 2.53 bits per heavy atom. The molecule has 3 nitrogen and oxygen atoms in total. The minimum Gasteiger partial charge on any atom is -0.425 e. The average Bonchev–Trinajstić information content (AvgIpc) is 2.73. The fourth-order valence-corrected chi connectivity index (χ4v) is 1.94. The molecule has 0 aliphatic carbocycles. The fourth-order valence-electron chi connectivity index (χ4n) is 1.71. The van der Waals surface area contributed by atoms with Crippen LogP contribution in [0.5, 0.6) is 11.8 Å². The van der Waals surface area contributed by atoms with Crippen molar-refractivity contribution in [3.8, 4) is 11.8 Å². The normalized spacial score (nSPS) is 10.6.